The fourth-order valence-electron chi connectivity index (χ4n) is 1.04. The molecule has 4 N–H and O–H groups in total. The van der Waals surface area contributed by atoms with Gasteiger partial charge in [-0.1, -0.05) is 30.0 Å². The zero-order chi connectivity index (χ0) is 11.3. The van der Waals surface area contributed by atoms with Crippen LogP contribution in [0.15, 0.2) is 24.3 Å². The van der Waals surface area contributed by atoms with E-state index >= 15 is 0 Å². The highest BCUT2D eigenvalue weighted by molar-refractivity contribution is 5.97. The maximum Gasteiger partial charge on any atom is 0.315 e. The monoisotopic (exact) mass is 202 g/mol. The average Bonchev–Trinajstić information content (AvgIpc) is 2.17. The lowest BCUT2D eigenvalue weighted by Gasteiger charge is -2.00. The first-order valence-corrected chi connectivity index (χ1v) is 4.25. The lowest BCUT2D eigenvalue weighted by molar-refractivity contribution is -0.135. The molecule has 76 valence electrons. The van der Waals surface area contributed by atoms with Crippen molar-refractivity contribution < 1.29 is 9.90 Å². The standard InChI is InChI=1S/C11H10N2O2/c12-11(13)9-6-2-1-4-8(9)5-3-7-10(14)15/h1-2,4,6H,7H2,(H3,12,13)(H,14,15). The number of nitrogens with two attached hydrogens (primary N) is 1. The summed E-state index contributed by atoms with van der Waals surface area (Å²) in [7, 11) is 0. The van der Waals surface area contributed by atoms with Crippen LogP contribution in [-0.4, -0.2) is 16.9 Å². The fourth-order valence-corrected chi connectivity index (χ4v) is 1.04. The van der Waals surface area contributed by atoms with Crippen LogP contribution in [0.1, 0.15) is 17.5 Å². The second-order valence-corrected chi connectivity index (χ2v) is 2.83. The van der Waals surface area contributed by atoms with E-state index in [9.17, 15) is 4.79 Å². The third-order valence-electron chi connectivity index (χ3n) is 1.68. The van der Waals surface area contributed by atoms with Gasteiger partial charge in [-0.2, -0.15) is 0 Å². The summed E-state index contributed by atoms with van der Waals surface area (Å²) in [5.74, 6) is 4.13. The van der Waals surface area contributed by atoms with Gasteiger partial charge in [0.1, 0.15) is 12.3 Å². The van der Waals surface area contributed by atoms with E-state index in [2.05, 4.69) is 11.8 Å². The van der Waals surface area contributed by atoms with E-state index in [1.165, 1.54) is 0 Å². The Morgan fingerprint density at radius 3 is 2.73 bits per heavy atom. The summed E-state index contributed by atoms with van der Waals surface area (Å²) in [5.41, 5.74) is 6.44. The molecule has 1 rings (SSSR count). The van der Waals surface area contributed by atoms with Crippen molar-refractivity contribution in [2.24, 2.45) is 5.73 Å². The first kappa shape index (κ1) is 10.8. The molecule has 0 bridgehead atoms. The summed E-state index contributed by atoms with van der Waals surface area (Å²) in [5, 5.41) is 15.7. The smallest absolute Gasteiger partial charge is 0.315 e. The van der Waals surface area contributed by atoms with Gasteiger partial charge in [-0.25, -0.2) is 0 Å². The molecule has 0 atom stereocenters. The van der Waals surface area contributed by atoms with Crippen LogP contribution in [0.2, 0.25) is 0 Å². The zero-order valence-corrected chi connectivity index (χ0v) is 7.95. The van der Waals surface area contributed by atoms with Gasteiger partial charge >= 0.3 is 5.97 Å². The van der Waals surface area contributed by atoms with Crippen LogP contribution in [0, 0.1) is 17.3 Å². The molecular weight excluding hydrogens is 192 g/mol. The van der Waals surface area contributed by atoms with Crippen LogP contribution in [0.4, 0.5) is 0 Å². The molecule has 1 aromatic carbocycles. The quantitative estimate of drug-likeness (QED) is 0.376. The summed E-state index contributed by atoms with van der Waals surface area (Å²) in [6, 6.07) is 6.88. The van der Waals surface area contributed by atoms with Gasteiger partial charge in [0.15, 0.2) is 0 Å². The number of aliphatic carboxylic acids is 1. The van der Waals surface area contributed by atoms with Crippen molar-refractivity contribution in [1.82, 2.24) is 0 Å². The fraction of sp³-hybridized carbons (Fsp3) is 0.0909. The summed E-state index contributed by atoms with van der Waals surface area (Å²) in [6.07, 6.45) is -0.216. The second kappa shape index (κ2) is 4.82. The van der Waals surface area contributed by atoms with Gasteiger partial charge in [-0.05, 0) is 6.07 Å². The Morgan fingerprint density at radius 1 is 1.47 bits per heavy atom. The largest absolute Gasteiger partial charge is 0.481 e. The van der Waals surface area contributed by atoms with Crippen molar-refractivity contribution in [2.45, 2.75) is 6.42 Å². The zero-order valence-electron chi connectivity index (χ0n) is 7.95. The normalized spacial score (nSPS) is 8.80. The van der Waals surface area contributed by atoms with Gasteiger partial charge in [0.05, 0.1) is 0 Å². The number of benzene rings is 1. The molecule has 0 saturated carbocycles. The van der Waals surface area contributed by atoms with E-state index in [1.807, 2.05) is 0 Å². The third kappa shape index (κ3) is 3.16. The number of amidine groups is 1. The number of carbonyl (C=O) groups is 1. The van der Waals surface area contributed by atoms with Gasteiger partial charge in [0, 0.05) is 11.1 Å². The van der Waals surface area contributed by atoms with Crippen molar-refractivity contribution in [3.05, 3.63) is 35.4 Å². The van der Waals surface area contributed by atoms with Crippen molar-refractivity contribution >= 4 is 11.8 Å². The topological polar surface area (TPSA) is 87.2 Å². The molecule has 4 heteroatoms. The highest BCUT2D eigenvalue weighted by atomic mass is 16.4. The molecule has 0 heterocycles. The number of hydrogen-bond acceptors (Lipinski definition) is 2. The Kier molecular flexibility index (Phi) is 3.47. The molecule has 1 aromatic rings. The number of nitrogen functional groups attached to an aromatic ring is 1. The molecule has 0 radical (unpaired) electrons. The van der Waals surface area contributed by atoms with E-state index in [1.54, 1.807) is 24.3 Å². The molecule has 15 heavy (non-hydrogen) atoms. The summed E-state index contributed by atoms with van der Waals surface area (Å²) in [6.45, 7) is 0. The lowest BCUT2D eigenvalue weighted by atomic mass is 10.1. The van der Waals surface area contributed by atoms with Gasteiger partial charge in [0.2, 0.25) is 0 Å². The van der Waals surface area contributed by atoms with Gasteiger partial charge in [-0.15, -0.1) is 0 Å². The maximum atomic E-state index is 10.2. The summed E-state index contributed by atoms with van der Waals surface area (Å²) >= 11 is 0. The molecule has 0 unspecified atom stereocenters. The minimum absolute atomic E-state index is 0.0739. The van der Waals surface area contributed by atoms with Gasteiger partial charge in [0.25, 0.3) is 0 Å². The summed E-state index contributed by atoms with van der Waals surface area (Å²) in [4.78, 5) is 10.2. The van der Waals surface area contributed by atoms with Crippen molar-refractivity contribution in [3.63, 3.8) is 0 Å². The highest BCUT2D eigenvalue weighted by Crippen LogP contribution is 2.05. The van der Waals surface area contributed by atoms with Gasteiger partial charge < -0.3 is 10.8 Å². The van der Waals surface area contributed by atoms with E-state index in [4.69, 9.17) is 16.2 Å². The summed E-state index contributed by atoms with van der Waals surface area (Å²) < 4.78 is 0. The van der Waals surface area contributed by atoms with Crippen LogP contribution in [-0.2, 0) is 4.79 Å². The minimum atomic E-state index is -0.970. The number of nitrogens with one attached hydrogen (secondary N) is 1. The van der Waals surface area contributed by atoms with Crippen LogP contribution < -0.4 is 5.73 Å². The molecule has 0 saturated heterocycles. The molecule has 0 fully saturated rings. The first-order valence-electron chi connectivity index (χ1n) is 4.25. The minimum Gasteiger partial charge on any atom is -0.481 e. The molecule has 0 aliphatic carbocycles. The number of hydrogen-bond donors (Lipinski definition) is 3. The molecule has 4 nitrogen and oxygen atoms in total. The van der Waals surface area contributed by atoms with Crippen LogP contribution in [0.5, 0.6) is 0 Å². The molecule has 0 aromatic heterocycles. The van der Waals surface area contributed by atoms with Crippen molar-refractivity contribution in [2.75, 3.05) is 0 Å². The van der Waals surface area contributed by atoms with Crippen LogP contribution >= 0.6 is 0 Å². The molecule has 0 amide bonds. The Balaban J connectivity index is 2.97. The van der Waals surface area contributed by atoms with Crippen LogP contribution in [0.25, 0.3) is 0 Å². The maximum absolute atomic E-state index is 10.2. The van der Waals surface area contributed by atoms with E-state index in [-0.39, 0.29) is 12.3 Å². The highest BCUT2D eigenvalue weighted by Gasteiger charge is 2.00. The number of carboxylic acid groups (broad SMARTS) is 1. The van der Waals surface area contributed by atoms with E-state index in [0.29, 0.717) is 11.1 Å². The molecule has 0 spiro atoms. The second-order valence-electron chi connectivity index (χ2n) is 2.83. The molecular formula is C11H10N2O2. The van der Waals surface area contributed by atoms with Crippen molar-refractivity contribution in [3.8, 4) is 11.8 Å². The Morgan fingerprint density at radius 2 is 2.13 bits per heavy atom. The Hall–Kier alpha value is -2.28. The van der Waals surface area contributed by atoms with E-state index < -0.39 is 5.97 Å². The number of rotatable bonds is 2. The van der Waals surface area contributed by atoms with Crippen LogP contribution in [0.3, 0.4) is 0 Å². The SMILES string of the molecule is N=C(N)c1ccccc1C#CCC(=O)O. The molecule has 0 aliphatic heterocycles. The molecule has 0 aliphatic rings. The van der Waals surface area contributed by atoms with Gasteiger partial charge in [-0.3, -0.25) is 10.2 Å². The van der Waals surface area contributed by atoms with Crippen molar-refractivity contribution in [1.29, 1.82) is 5.41 Å². The Bertz CT molecular complexity index is 455. The predicted octanol–water partition coefficient (Wildman–Crippen LogP) is 0.797. The first-order chi connectivity index (χ1) is 7.11. The number of carboxylic acids is 1. The third-order valence-corrected chi connectivity index (χ3v) is 1.68. The van der Waals surface area contributed by atoms with E-state index in [0.717, 1.165) is 0 Å². The average molecular weight is 202 g/mol. The Labute approximate surface area is 87.2 Å². The lowest BCUT2D eigenvalue weighted by Crippen LogP contribution is -2.12. The predicted molar refractivity (Wildman–Crippen MR) is 56.6 cm³/mol.